The van der Waals surface area contributed by atoms with Gasteiger partial charge >= 0.3 is 5.97 Å². The van der Waals surface area contributed by atoms with E-state index in [0.29, 0.717) is 0 Å². The van der Waals surface area contributed by atoms with Crippen LogP contribution in [0.2, 0.25) is 0 Å². The first kappa shape index (κ1) is 18.9. The van der Waals surface area contributed by atoms with Crippen molar-refractivity contribution in [3.05, 3.63) is 30.3 Å². The van der Waals surface area contributed by atoms with Crippen LogP contribution in [0.25, 0.3) is 0 Å². The van der Waals surface area contributed by atoms with Crippen molar-refractivity contribution < 1.29 is 30.6 Å². The zero-order valence-corrected chi connectivity index (χ0v) is 15.3. The first-order chi connectivity index (χ1) is 11.0. The topological polar surface area (TPSA) is 104 Å². The Balaban J connectivity index is 2.37. The summed E-state index contributed by atoms with van der Waals surface area (Å²) in [6.07, 6.45) is 0.272. The number of benzene rings is 1. The third-order valence-corrected chi connectivity index (χ3v) is 7.23. The fourth-order valence-electron chi connectivity index (χ4n) is 2.83. The predicted molar refractivity (Wildman–Crippen MR) is 86.5 cm³/mol. The average molecular weight is 376 g/mol. The predicted octanol–water partition coefficient (Wildman–Crippen LogP) is 1.15. The summed E-state index contributed by atoms with van der Waals surface area (Å²) in [6.45, 7) is 2.97. The first-order valence-corrected chi connectivity index (χ1v) is 10.7. The first-order valence-electron chi connectivity index (χ1n) is 7.32. The van der Waals surface area contributed by atoms with Crippen molar-refractivity contribution in [1.82, 2.24) is 0 Å². The van der Waals surface area contributed by atoms with Crippen molar-refractivity contribution in [1.29, 1.82) is 0 Å². The van der Waals surface area contributed by atoms with E-state index in [4.69, 9.17) is 8.92 Å². The van der Waals surface area contributed by atoms with Gasteiger partial charge in [-0.2, -0.15) is 8.42 Å². The van der Waals surface area contributed by atoms with Gasteiger partial charge in [0.15, 0.2) is 15.1 Å². The Hall–Kier alpha value is -1.45. The molecule has 0 amide bonds. The van der Waals surface area contributed by atoms with Gasteiger partial charge in [0.1, 0.15) is 6.10 Å². The van der Waals surface area contributed by atoms with Crippen LogP contribution in [0.5, 0.6) is 0 Å². The minimum atomic E-state index is -3.97. The second kappa shape index (κ2) is 6.45. The van der Waals surface area contributed by atoms with Gasteiger partial charge in [0.2, 0.25) is 0 Å². The van der Waals surface area contributed by atoms with Crippen molar-refractivity contribution in [2.24, 2.45) is 5.41 Å². The second-order valence-electron chi connectivity index (χ2n) is 6.10. The van der Waals surface area contributed by atoms with Gasteiger partial charge in [0, 0.05) is 5.41 Å². The summed E-state index contributed by atoms with van der Waals surface area (Å²) in [7, 11) is -7.63. The largest absolute Gasteiger partial charge is 0.461 e. The van der Waals surface area contributed by atoms with Crippen molar-refractivity contribution >= 4 is 25.9 Å². The Morgan fingerprint density at radius 1 is 1.17 bits per heavy atom. The zero-order chi connectivity index (χ0) is 18.2. The maximum atomic E-state index is 12.9. The summed E-state index contributed by atoms with van der Waals surface area (Å²) in [5, 5.41) is -1.41. The molecule has 1 aliphatic heterocycles. The number of cyclic esters (lactones) is 1. The molecule has 1 unspecified atom stereocenters. The number of carbonyl (C=O) groups excluding carboxylic acids is 1. The molecule has 2 rings (SSSR count). The molecular weight excluding hydrogens is 356 g/mol. The Labute approximate surface area is 142 Å². The number of hydrogen-bond acceptors (Lipinski definition) is 7. The summed E-state index contributed by atoms with van der Waals surface area (Å²) >= 11 is 0. The monoisotopic (exact) mass is 376 g/mol. The van der Waals surface area contributed by atoms with Gasteiger partial charge in [0.25, 0.3) is 10.1 Å². The van der Waals surface area contributed by atoms with Crippen molar-refractivity contribution in [2.45, 2.75) is 36.5 Å². The minimum absolute atomic E-state index is 0.0244. The van der Waals surface area contributed by atoms with E-state index in [1.54, 1.807) is 32.0 Å². The van der Waals surface area contributed by atoms with Gasteiger partial charge in [-0.15, -0.1) is 0 Å². The van der Waals surface area contributed by atoms with Crippen LogP contribution in [0.15, 0.2) is 35.2 Å². The third-order valence-electron chi connectivity index (χ3n) is 4.35. The van der Waals surface area contributed by atoms with Gasteiger partial charge in [0.05, 0.1) is 17.8 Å². The lowest BCUT2D eigenvalue weighted by molar-refractivity contribution is -0.140. The Morgan fingerprint density at radius 2 is 1.75 bits per heavy atom. The summed E-state index contributed by atoms with van der Waals surface area (Å²) in [5.74, 6) is -0.826. The fraction of sp³-hybridized carbons (Fsp3) is 0.533. The van der Waals surface area contributed by atoms with Crippen molar-refractivity contribution in [2.75, 3.05) is 12.9 Å². The highest BCUT2D eigenvalue weighted by atomic mass is 32.2. The van der Waals surface area contributed by atoms with E-state index in [2.05, 4.69) is 0 Å². The average Bonchev–Trinajstić information content (AvgIpc) is 2.68. The molecule has 0 bridgehead atoms. The molecule has 0 aromatic heterocycles. The van der Waals surface area contributed by atoms with Crippen molar-refractivity contribution in [3.8, 4) is 0 Å². The van der Waals surface area contributed by atoms with Crippen LogP contribution >= 0.6 is 0 Å². The molecule has 0 spiro atoms. The lowest BCUT2D eigenvalue weighted by Gasteiger charge is -2.30. The number of esters is 1. The lowest BCUT2D eigenvalue weighted by atomic mass is 9.80. The quantitative estimate of drug-likeness (QED) is 0.542. The summed E-state index contributed by atoms with van der Waals surface area (Å²) in [4.78, 5) is 12.2. The van der Waals surface area contributed by atoms with E-state index in [1.807, 2.05) is 0 Å². The van der Waals surface area contributed by atoms with Crippen molar-refractivity contribution in [3.63, 3.8) is 0 Å². The van der Waals surface area contributed by atoms with Crippen LogP contribution in [0.4, 0.5) is 0 Å². The molecule has 1 fully saturated rings. The van der Waals surface area contributed by atoms with E-state index in [0.717, 1.165) is 6.26 Å². The molecule has 0 saturated carbocycles. The normalized spacial score (nSPS) is 27.9. The maximum absolute atomic E-state index is 12.9. The molecule has 0 radical (unpaired) electrons. The van der Waals surface area contributed by atoms with Gasteiger partial charge in [-0.3, -0.25) is 8.98 Å². The zero-order valence-electron chi connectivity index (χ0n) is 13.6. The van der Waals surface area contributed by atoms with Gasteiger partial charge in [-0.1, -0.05) is 25.1 Å². The van der Waals surface area contributed by atoms with Gasteiger partial charge in [-0.25, -0.2) is 8.42 Å². The number of carbonyl (C=O) groups is 1. The molecule has 9 heteroatoms. The highest BCUT2D eigenvalue weighted by molar-refractivity contribution is 7.92. The molecular formula is C15H20O7S2. The molecule has 134 valence electrons. The molecule has 1 aromatic carbocycles. The summed E-state index contributed by atoms with van der Waals surface area (Å²) < 4.78 is 57.9. The number of ether oxygens (including phenoxy) is 1. The van der Waals surface area contributed by atoms with Crippen LogP contribution in [0, 0.1) is 5.41 Å². The molecule has 1 aromatic rings. The molecule has 7 nitrogen and oxygen atoms in total. The van der Waals surface area contributed by atoms with Crippen LogP contribution in [0.1, 0.15) is 20.3 Å². The summed E-state index contributed by atoms with van der Waals surface area (Å²) in [5.41, 5.74) is -1.10. The Bertz CT molecular complexity index is 815. The third kappa shape index (κ3) is 3.62. The Kier molecular flexibility index (Phi) is 5.08. The number of sulfone groups is 1. The number of hydrogen-bond donors (Lipinski definition) is 0. The molecule has 3 atom stereocenters. The smallest absolute Gasteiger partial charge is 0.325 e. The van der Waals surface area contributed by atoms with E-state index < -0.39 is 42.7 Å². The van der Waals surface area contributed by atoms with E-state index in [1.165, 1.54) is 12.1 Å². The molecule has 1 saturated heterocycles. The van der Waals surface area contributed by atoms with Crippen LogP contribution < -0.4 is 0 Å². The molecule has 1 heterocycles. The highest BCUT2D eigenvalue weighted by Crippen LogP contribution is 2.44. The molecule has 0 aliphatic carbocycles. The van der Waals surface area contributed by atoms with E-state index in [-0.39, 0.29) is 17.9 Å². The SMILES string of the molecule is C[C@H]1OC(=O)C(S(=O)(=O)c2ccccc2)[C@]1(C)CCOS(C)(=O)=O. The standard InChI is InChI=1S/C15H20O7S2/c1-11-15(2,9-10-21-23(3,17)18)13(14(16)22-11)24(19,20)12-7-5-4-6-8-12/h4-8,11,13H,9-10H2,1-3H3/t11-,13?,15-/m1/s1. The minimum Gasteiger partial charge on any atom is -0.461 e. The van der Waals surface area contributed by atoms with Crippen LogP contribution in [0.3, 0.4) is 0 Å². The molecule has 1 aliphatic rings. The molecule has 0 N–H and O–H groups in total. The molecule has 24 heavy (non-hydrogen) atoms. The maximum Gasteiger partial charge on any atom is 0.325 e. The highest BCUT2D eigenvalue weighted by Gasteiger charge is 2.58. The van der Waals surface area contributed by atoms with Gasteiger partial charge in [-0.05, 0) is 25.5 Å². The second-order valence-corrected chi connectivity index (χ2v) is 9.78. The van der Waals surface area contributed by atoms with Crippen LogP contribution in [-0.4, -0.2) is 47.0 Å². The van der Waals surface area contributed by atoms with Gasteiger partial charge < -0.3 is 4.74 Å². The van der Waals surface area contributed by atoms with E-state index >= 15 is 0 Å². The van der Waals surface area contributed by atoms with Crippen LogP contribution in [-0.2, 0) is 33.7 Å². The fourth-order valence-corrected chi connectivity index (χ4v) is 5.35. The summed E-state index contributed by atoms with van der Waals surface area (Å²) in [6, 6.07) is 7.65. The van der Waals surface area contributed by atoms with E-state index in [9.17, 15) is 21.6 Å². The lowest BCUT2D eigenvalue weighted by Crippen LogP contribution is -2.43. The number of rotatable bonds is 6. The Morgan fingerprint density at radius 3 is 2.29 bits per heavy atom.